The third-order valence-corrected chi connectivity index (χ3v) is 6.41. The number of urea groups is 1. The molecule has 1 saturated carbocycles. The minimum atomic E-state index is -0.801. The largest absolute Gasteiger partial charge is 0.352 e. The van der Waals surface area contributed by atoms with Crippen LogP contribution in [0.4, 0.5) is 9.18 Å². The number of halogens is 1. The summed E-state index contributed by atoms with van der Waals surface area (Å²) >= 11 is 0. The summed E-state index contributed by atoms with van der Waals surface area (Å²) in [5, 5.41) is 5.73. The summed E-state index contributed by atoms with van der Waals surface area (Å²) in [6.45, 7) is 10.2. The van der Waals surface area contributed by atoms with Crippen LogP contribution in [0.3, 0.4) is 0 Å². The number of carbonyl (C=O) groups is 2. The summed E-state index contributed by atoms with van der Waals surface area (Å²) in [6, 6.07) is 4.78. The van der Waals surface area contributed by atoms with Gasteiger partial charge in [-0.3, -0.25) is 4.79 Å². The molecule has 1 heterocycles. The lowest BCUT2D eigenvalue weighted by molar-refractivity contribution is -0.127. The molecule has 1 unspecified atom stereocenters. The number of amides is 3. The van der Waals surface area contributed by atoms with Crippen LogP contribution in [-0.4, -0.2) is 36.5 Å². The Labute approximate surface area is 148 Å². The van der Waals surface area contributed by atoms with Crippen molar-refractivity contribution in [1.82, 2.24) is 15.5 Å². The number of benzene rings is 1. The Hall–Kier alpha value is -2.11. The predicted molar refractivity (Wildman–Crippen MR) is 93.3 cm³/mol. The van der Waals surface area contributed by atoms with Gasteiger partial charge in [0.1, 0.15) is 11.9 Å². The van der Waals surface area contributed by atoms with E-state index in [0.717, 1.165) is 0 Å². The van der Waals surface area contributed by atoms with Crippen molar-refractivity contribution < 1.29 is 14.0 Å². The third-order valence-electron chi connectivity index (χ3n) is 6.41. The van der Waals surface area contributed by atoms with E-state index in [1.54, 1.807) is 12.1 Å². The number of nitrogens with zero attached hydrogens (tertiary/aromatic N) is 1. The van der Waals surface area contributed by atoms with Gasteiger partial charge in [-0.1, -0.05) is 39.8 Å². The highest BCUT2D eigenvalue weighted by Crippen LogP contribution is 2.67. The Bertz CT molecular complexity index is 688. The van der Waals surface area contributed by atoms with E-state index in [1.165, 1.54) is 17.0 Å². The van der Waals surface area contributed by atoms with Crippen LogP contribution in [0.5, 0.6) is 0 Å². The maximum atomic E-state index is 13.6. The van der Waals surface area contributed by atoms with Gasteiger partial charge in [0.05, 0.1) is 0 Å². The fraction of sp³-hybridized carbons (Fsp3) is 0.579. The zero-order chi connectivity index (χ0) is 18.4. The second-order valence-corrected chi connectivity index (χ2v) is 8.12. The lowest BCUT2D eigenvalue weighted by Gasteiger charge is -2.35. The molecule has 25 heavy (non-hydrogen) atoms. The minimum Gasteiger partial charge on any atom is -0.352 e. The molecule has 2 N–H and O–H groups in total. The lowest BCUT2D eigenvalue weighted by Crippen LogP contribution is -2.55. The highest BCUT2D eigenvalue weighted by atomic mass is 19.1. The van der Waals surface area contributed by atoms with E-state index in [2.05, 4.69) is 38.3 Å². The molecule has 2 aliphatic rings. The van der Waals surface area contributed by atoms with Gasteiger partial charge < -0.3 is 15.5 Å². The summed E-state index contributed by atoms with van der Waals surface area (Å²) in [5.74, 6) is -0.299. The fourth-order valence-corrected chi connectivity index (χ4v) is 4.03. The highest BCUT2D eigenvalue weighted by molar-refractivity contribution is 5.89. The zero-order valence-electron chi connectivity index (χ0n) is 15.2. The molecule has 3 rings (SSSR count). The molecule has 136 valence electrons. The topological polar surface area (TPSA) is 61.4 Å². The first-order valence-corrected chi connectivity index (χ1v) is 8.74. The molecule has 0 aromatic heterocycles. The fourth-order valence-electron chi connectivity index (χ4n) is 4.03. The van der Waals surface area contributed by atoms with Gasteiger partial charge in [0.25, 0.3) is 0 Å². The van der Waals surface area contributed by atoms with E-state index in [-0.39, 0.29) is 22.8 Å². The molecule has 1 atom stereocenters. The quantitative estimate of drug-likeness (QED) is 0.883. The predicted octanol–water partition coefficient (Wildman–Crippen LogP) is 2.69. The number of hydrogen-bond donors (Lipinski definition) is 2. The maximum Gasteiger partial charge on any atom is 0.318 e. The molecule has 0 spiro atoms. The van der Waals surface area contributed by atoms with Crippen molar-refractivity contribution >= 4 is 11.9 Å². The van der Waals surface area contributed by atoms with Crippen LogP contribution in [0.2, 0.25) is 0 Å². The van der Waals surface area contributed by atoms with Gasteiger partial charge in [-0.15, -0.1) is 0 Å². The van der Waals surface area contributed by atoms with Gasteiger partial charge >= 0.3 is 6.03 Å². The summed E-state index contributed by atoms with van der Waals surface area (Å²) in [4.78, 5) is 26.5. The second-order valence-electron chi connectivity index (χ2n) is 8.12. The van der Waals surface area contributed by atoms with Gasteiger partial charge in [0.15, 0.2) is 0 Å². The molecule has 6 heteroatoms. The molecule has 1 aliphatic carbocycles. The van der Waals surface area contributed by atoms with Gasteiger partial charge in [-0.2, -0.15) is 0 Å². The molecule has 2 fully saturated rings. The van der Waals surface area contributed by atoms with E-state index in [0.29, 0.717) is 31.1 Å². The number of carbonyl (C=O) groups excluding carboxylic acids is 2. The molecule has 3 amide bonds. The Balaban J connectivity index is 1.72. The average Bonchev–Trinajstić information content (AvgIpc) is 2.93. The van der Waals surface area contributed by atoms with E-state index >= 15 is 0 Å². The number of hydrogen-bond acceptors (Lipinski definition) is 2. The standard InChI is InChI=1S/C19H26FN3O2/c1-18(2)14(19(18,3)4)11-22-17(25)23-9-8-21-16(24)15(23)12-6-5-7-13(20)10-12/h5-7,10,14-15H,8-9,11H2,1-4H3,(H,21,24)(H,22,25). The van der Waals surface area contributed by atoms with Crippen molar-refractivity contribution in [2.24, 2.45) is 16.7 Å². The Morgan fingerprint density at radius 2 is 2.00 bits per heavy atom. The van der Waals surface area contributed by atoms with Crippen LogP contribution in [-0.2, 0) is 4.79 Å². The van der Waals surface area contributed by atoms with E-state index in [1.807, 2.05) is 0 Å². The SMILES string of the molecule is CC1(C)C(CNC(=O)N2CCNC(=O)C2c2cccc(F)c2)C1(C)C. The van der Waals surface area contributed by atoms with Crippen LogP contribution in [0.15, 0.2) is 24.3 Å². The average molecular weight is 347 g/mol. The smallest absolute Gasteiger partial charge is 0.318 e. The van der Waals surface area contributed by atoms with E-state index in [9.17, 15) is 14.0 Å². The van der Waals surface area contributed by atoms with Crippen LogP contribution < -0.4 is 10.6 Å². The highest BCUT2D eigenvalue weighted by Gasteiger charge is 2.64. The van der Waals surface area contributed by atoms with Crippen LogP contribution in [0.25, 0.3) is 0 Å². The van der Waals surface area contributed by atoms with Crippen LogP contribution in [0.1, 0.15) is 39.3 Å². The van der Waals surface area contributed by atoms with Crippen LogP contribution in [0, 0.1) is 22.6 Å². The number of rotatable bonds is 3. The summed E-state index contributed by atoms with van der Waals surface area (Å²) in [6.07, 6.45) is 0. The maximum absolute atomic E-state index is 13.6. The normalized spacial score (nSPS) is 24.6. The van der Waals surface area contributed by atoms with Crippen molar-refractivity contribution in [1.29, 1.82) is 0 Å². The first-order valence-electron chi connectivity index (χ1n) is 8.74. The molecule has 1 saturated heterocycles. The third kappa shape index (κ3) is 2.98. The molecular formula is C19H26FN3O2. The first-order chi connectivity index (χ1) is 11.7. The van der Waals surface area contributed by atoms with Crippen molar-refractivity contribution in [3.8, 4) is 0 Å². The number of piperazine rings is 1. The second kappa shape index (κ2) is 6.00. The molecule has 1 aliphatic heterocycles. The van der Waals surface area contributed by atoms with Gasteiger partial charge in [-0.25, -0.2) is 9.18 Å². The Kier molecular flexibility index (Phi) is 4.25. The molecule has 0 radical (unpaired) electrons. The summed E-state index contributed by atoms with van der Waals surface area (Å²) < 4.78 is 13.6. The Morgan fingerprint density at radius 1 is 1.32 bits per heavy atom. The number of nitrogens with one attached hydrogen (secondary N) is 2. The zero-order valence-corrected chi connectivity index (χ0v) is 15.2. The summed E-state index contributed by atoms with van der Waals surface area (Å²) in [7, 11) is 0. The minimum absolute atomic E-state index is 0.182. The van der Waals surface area contributed by atoms with Gasteiger partial charge in [0, 0.05) is 19.6 Å². The van der Waals surface area contributed by atoms with E-state index in [4.69, 9.17) is 0 Å². The van der Waals surface area contributed by atoms with Crippen molar-refractivity contribution in [2.45, 2.75) is 33.7 Å². The van der Waals surface area contributed by atoms with Crippen molar-refractivity contribution in [3.05, 3.63) is 35.6 Å². The van der Waals surface area contributed by atoms with Gasteiger partial charge in [-0.05, 0) is 34.4 Å². The monoisotopic (exact) mass is 347 g/mol. The molecule has 5 nitrogen and oxygen atoms in total. The summed E-state index contributed by atoms with van der Waals surface area (Å²) in [5.41, 5.74) is 0.850. The van der Waals surface area contributed by atoms with Crippen molar-refractivity contribution in [2.75, 3.05) is 19.6 Å². The molecule has 1 aromatic rings. The lowest BCUT2D eigenvalue weighted by atomic mass is 10.0. The first kappa shape index (κ1) is 17.7. The molecular weight excluding hydrogens is 321 g/mol. The van der Waals surface area contributed by atoms with E-state index < -0.39 is 11.9 Å². The van der Waals surface area contributed by atoms with Gasteiger partial charge in [0.2, 0.25) is 5.91 Å². The molecule has 0 bridgehead atoms. The van der Waals surface area contributed by atoms with Crippen LogP contribution >= 0.6 is 0 Å². The van der Waals surface area contributed by atoms with Crippen molar-refractivity contribution in [3.63, 3.8) is 0 Å². The molecule has 1 aromatic carbocycles. The Morgan fingerprint density at radius 3 is 2.60 bits per heavy atom.